The number of fused-ring (bicyclic) bond motifs is 1. The average molecular weight is 343 g/mol. The van der Waals surface area contributed by atoms with Crippen LogP contribution in [0.4, 0.5) is 0 Å². The van der Waals surface area contributed by atoms with Gasteiger partial charge in [0.15, 0.2) is 23.0 Å². The molecule has 3 aliphatic rings. The summed E-state index contributed by atoms with van der Waals surface area (Å²) in [5.41, 5.74) is 2.21. The third-order valence-electron chi connectivity index (χ3n) is 6.01. The lowest BCUT2D eigenvalue weighted by Crippen LogP contribution is -2.60. The Hall–Kier alpha value is -2.01. The van der Waals surface area contributed by atoms with E-state index in [9.17, 15) is 4.79 Å². The first kappa shape index (κ1) is 16.5. The SMILES string of the molecule is CCOc1c(OC)ccc2c1[C@@]13CCN[C@@H](C2)C1C=C(OC)C(=O)C3. The first-order chi connectivity index (χ1) is 12.1. The number of benzene rings is 1. The fourth-order valence-electron chi connectivity index (χ4n) is 5.04. The van der Waals surface area contributed by atoms with E-state index in [2.05, 4.69) is 11.4 Å². The van der Waals surface area contributed by atoms with E-state index in [1.54, 1.807) is 14.2 Å². The summed E-state index contributed by atoms with van der Waals surface area (Å²) in [5, 5.41) is 3.64. The van der Waals surface area contributed by atoms with Crippen molar-refractivity contribution in [1.82, 2.24) is 5.32 Å². The number of piperidine rings is 1. The van der Waals surface area contributed by atoms with Gasteiger partial charge in [0.1, 0.15) is 0 Å². The molecule has 134 valence electrons. The van der Waals surface area contributed by atoms with Gasteiger partial charge in [-0.3, -0.25) is 4.79 Å². The molecule has 1 N–H and O–H groups in total. The molecule has 2 bridgehead atoms. The van der Waals surface area contributed by atoms with E-state index in [0.717, 1.165) is 30.9 Å². The molecule has 3 atom stereocenters. The lowest BCUT2D eigenvalue weighted by Gasteiger charge is -2.54. The molecule has 1 unspecified atom stereocenters. The molecule has 5 heteroatoms. The number of ketones is 1. The van der Waals surface area contributed by atoms with Crippen LogP contribution in [-0.4, -0.2) is 39.2 Å². The summed E-state index contributed by atoms with van der Waals surface area (Å²) >= 11 is 0. The minimum atomic E-state index is -0.234. The number of methoxy groups -OCH3 is 2. The number of ether oxygens (including phenoxy) is 3. The first-order valence-corrected chi connectivity index (χ1v) is 9.00. The molecule has 1 saturated heterocycles. The van der Waals surface area contributed by atoms with Crippen LogP contribution in [0.25, 0.3) is 0 Å². The number of rotatable bonds is 4. The summed E-state index contributed by atoms with van der Waals surface area (Å²) in [6, 6.07) is 4.44. The van der Waals surface area contributed by atoms with Crippen LogP contribution in [0.1, 0.15) is 30.9 Å². The van der Waals surface area contributed by atoms with Crippen LogP contribution in [0, 0.1) is 5.92 Å². The molecule has 0 radical (unpaired) electrons. The molecule has 0 saturated carbocycles. The first-order valence-electron chi connectivity index (χ1n) is 9.00. The highest BCUT2D eigenvalue weighted by Crippen LogP contribution is 2.56. The molecule has 25 heavy (non-hydrogen) atoms. The van der Waals surface area contributed by atoms with Crippen molar-refractivity contribution in [1.29, 1.82) is 0 Å². The van der Waals surface area contributed by atoms with Gasteiger partial charge in [-0.25, -0.2) is 0 Å². The third-order valence-corrected chi connectivity index (χ3v) is 6.01. The van der Waals surface area contributed by atoms with Gasteiger partial charge in [0.25, 0.3) is 0 Å². The molecule has 4 rings (SSSR count). The van der Waals surface area contributed by atoms with Crippen molar-refractivity contribution in [2.24, 2.45) is 5.92 Å². The maximum atomic E-state index is 12.7. The van der Waals surface area contributed by atoms with Crippen LogP contribution >= 0.6 is 0 Å². The second-order valence-electron chi connectivity index (χ2n) is 7.10. The molecule has 0 spiro atoms. The van der Waals surface area contributed by atoms with Gasteiger partial charge in [-0.1, -0.05) is 6.07 Å². The van der Waals surface area contributed by atoms with Crippen LogP contribution in [0.2, 0.25) is 0 Å². The Morgan fingerprint density at radius 3 is 2.84 bits per heavy atom. The maximum Gasteiger partial charge on any atom is 0.197 e. The fourth-order valence-corrected chi connectivity index (χ4v) is 5.04. The van der Waals surface area contributed by atoms with E-state index >= 15 is 0 Å². The Morgan fingerprint density at radius 1 is 1.28 bits per heavy atom. The van der Waals surface area contributed by atoms with Crippen molar-refractivity contribution in [3.8, 4) is 11.5 Å². The number of carbonyl (C=O) groups is 1. The van der Waals surface area contributed by atoms with Crippen molar-refractivity contribution < 1.29 is 19.0 Å². The Morgan fingerprint density at radius 2 is 2.12 bits per heavy atom. The summed E-state index contributed by atoms with van der Waals surface area (Å²) in [7, 11) is 3.25. The fraction of sp³-hybridized carbons (Fsp3) is 0.550. The van der Waals surface area contributed by atoms with Crippen LogP contribution in [0.15, 0.2) is 24.0 Å². The topological polar surface area (TPSA) is 56.8 Å². The molecule has 1 aliphatic heterocycles. The van der Waals surface area contributed by atoms with Crippen LogP contribution in [0.5, 0.6) is 11.5 Å². The van der Waals surface area contributed by atoms with Crippen molar-refractivity contribution in [3.05, 3.63) is 35.1 Å². The smallest absolute Gasteiger partial charge is 0.197 e. The summed E-state index contributed by atoms with van der Waals surface area (Å²) in [4.78, 5) is 12.7. The van der Waals surface area contributed by atoms with Crippen molar-refractivity contribution in [2.75, 3.05) is 27.4 Å². The van der Waals surface area contributed by atoms with Gasteiger partial charge in [0, 0.05) is 29.4 Å². The molecule has 5 nitrogen and oxygen atoms in total. The zero-order valence-electron chi connectivity index (χ0n) is 15.1. The van der Waals surface area contributed by atoms with Crippen LogP contribution < -0.4 is 14.8 Å². The summed E-state index contributed by atoms with van der Waals surface area (Å²) in [6.07, 6.45) is 4.34. The monoisotopic (exact) mass is 343 g/mol. The molecule has 1 aromatic rings. The number of nitrogens with one attached hydrogen (secondary N) is 1. The van der Waals surface area contributed by atoms with Gasteiger partial charge in [-0.05, 0) is 44.0 Å². The zero-order chi connectivity index (χ0) is 17.6. The molecule has 2 aliphatic carbocycles. The summed E-state index contributed by atoms with van der Waals surface area (Å²) in [5.74, 6) is 2.37. The van der Waals surface area contributed by atoms with Crippen LogP contribution in [0.3, 0.4) is 0 Å². The predicted octanol–water partition coefficient (Wildman–Crippen LogP) is 2.37. The van der Waals surface area contributed by atoms with Gasteiger partial charge < -0.3 is 19.5 Å². The zero-order valence-corrected chi connectivity index (χ0v) is 15.1. The second-order valence-corrected chi connectivity index (χ2v) is 7.10. The largest absolute Gasteiger partial charge is 0.493 e. The van der Waals surface area contributed by atoms with Crippen molar-refractivity contribution in [2.45, 2.75) is 37.6 Å². The van der Waals surface area contributed by atoms with Crippen molar-refractivity contribution in [3.63, 3.8) is 0 Å². The quantitative estimate of drug-likeness (QED) is 0.910. The maximum absolute atomic E-state index is 12.7. The van der Waals surface area contributed by atoms with Gasteiger partial charge in [0.05, 0.1) is 20.8 Å². The number of carbonyl (C=O) groups excluding carboxylic acids is 1. The van der Waals surface area contributed by atoms with Crippen molar-refractivity contribution >= 4 is 5.78 Å². The molecular formula is C20H25NO4. The van der Waals surface area contributed by atoms with Gasteiger partial charge in [-0.2, -0.15) is 0 Å². The molecule has 0 amide bonds. The highest BCUT2D eigenvalue weighted by Gasteiger charge is 2.55. The van der Waals surface area contributed by atoms with E-state index in [0.29, 0.717) is 24.8 Å². The summed E-state index contributed by atoms with van der Waals surface area (Å²) < 4.78 is 17.0. The van der Waals surface area contributed by atoms with Gasteiger partial charge in [0.2, 0.25) is 0 Å². The Kier molecular flexibility index (Phi) is 3.99. The lowest BCUT2D eigenvalue weighted by molar-refractivity contribution is -0.122. The van der Waals surface area contributed by atoms with E-state index in [1.165, 1.54) is 11.1 Å². The van der Waals surface area contributed by atoms with Gasteiger partial charge >= 0.3 is 0 Å². The highest BCUT2D eigenvalue weighted by molar-refractivity contribution is 5.96. The normalized spacial score (nSPS) is 30.0. The third kappa shape index (κ3) is 2.29. The number of hydrogen-bond donors (Lipinski definition) is 1. The van der Waals surface area contributed by atoms with E-state index in [4.69, 9.17) is 14.2 Å². The Labute approximate surface area is 148 Å². The van der Waals surface area contributed by atoms with E-state index in [1.807, 2.05) is 19.1 Å². The number of Topliss-reactive ketones (excluding diaryl/α,β-unsaturated/α-hetero) is 1. The Balaban J connectivity index is 1.96. The standard InChI is InChI=1S/C20H25NO4/c1-4-25-19-16(23-2)6-5-12-9-14-13-10-17(24-3)15(22)11-20(13,18(12)19)7-8-21-14/h5-6,10,13-14,21H,4,7-9,11H2,1-3H3/t13?,14-,20+/m0/s1. The molecule has 1 aromatic carbocycles. The van der Waals surface area contributed by atoms with Gasteiger partial charge in [-0.15, -0.1) is 0 Å². The number of hydrogen-bond acceptors (Lipinski definition) is 5. The molecule has 1 heterocycles. The highest BCUT2D eigenvalue weighted by atomic mass is 16.5. The molecule has 1 fully saturated rings. The number of allylic oxidation sites excluding steroid dienone is 1. The predicted molar refractivity (Wildman–Crippen MR) is 94.2 cm³/mol. The minimum Gasteiger partial charge on any atom is -0.493 e. The van der Waals surface area contributed by atoms with E-state index in [-0.39, 0.29) is 17.1 Å². The molecular weight excluding hydrogens is 318 g/mol. The van der Waals surface area contributed by atoms with E-state index < -0.39 is 0 Å². The Bertz CT molecular complexity index is 741. The minimum absolute atomic E-state index is 0.0810. The second kappa shape index (κ2) is 6.06. The summed E-state index contributed by atoms with van der Waals surface area (Å²) in [6.45, 7) is 3.46. The molecule has 0 aromatic heterocycles. The average Bonchev–Trinajstić information content (AvgIpc) is 2.60. The lowest BCUT2D eigenvalue weighted by atomic mass is 9.54. The van der Waals surface area contributed by atoms with Crippen LogP contribution in [-0.2, 0) is 21.4 Å².